The van der Waals surface area contributed by atoms with Crippen molar-refractivity contribution in [1.82, 2.24) is 4.90 Å². The Balaban J connectivity index is 2.67. The van der Waals surface area contributed by atoms with Crippen LogP contribution in [0.1, 0.15) is 207 Å². The fourth-order valence-corrected chi connectivity index (χ4v) is 7.79. The van der Waals surface area contributed by atoms with Crippen LogP contribution in [0.3, 0.4) is 0 Å². The van der Waals surface area contributed by atoms with Crippen molar-refractivity contribution in [3.8, 4) is 0 Å². The minimum absolute atomic E-state index is 0.00682. The van der Waals surface area contributed by atoms with E-state index in [2.05, 4.69) is 32.9 Å². The van der Waals surface area contributed by atoms with Crippen molar-refractivity contribution < 1.29 is 35.1 Å². The first kappa shape index (κ1) is 50.0. The van der Waals surface area contributed by atoms with Crippen molar-refractivity contribution in [2.75, 3.05) is 19.7 Å². The van der Waals surface area contributed by atoms with Crippen molar-refractivity contribution in [3.05, 3.63) is 12.2 Å². The second kappa shape index (κ2) is 34.2. The Bertz CT molecular complexity index is 855. The first-order valence-corrected chi connectivity index (χ1v) is 22.7. The van der Waals surface area contributed by atoms with Crippen LogP contribution in [0.5, 0.6) is 0 Å². The molecule has 0 aromatic rings. The number of ether oxygens (including phenoxy) is 1. The molecule has 0 saturated carbocycles. The number of rotatable bonds is 36. The van der Waals surface area contributed by atoms with E-state index in [1.807, 2.05) is 4.90 Å². The zero-order valence-electron chi connectivity index (χ0n) is 34.8. The number of aliphatic hydroxyl groups excluding tert-OH is 5. The summed E-state index contributed by atoms with van der Waals surface area (Å²) in [5, 5.41) is 51.8. The summed E-state index contributed by atoms with van der Waals surface area (Å²) >= 11 is 0. The van der Waals surface area contributed by atoms with Crippen LogP contribution in [0.25, 0.3) is 0 Å². The van der Waals surface area contributed by atoms with Gasteiger partial charge in [0.1, 0.15) is 24.4 Å². The van der Waals surface area contributed by atoms with E-state index in [1.165, 1.54) is 109 Å². The van der Waals surface area contributed by atoms with Gasteiger partial charge in [-0.2, -0.15) is 0 Å². The number of hydrogen-bond acceptors (Lipinski definition) is 7. The lowest BCUT2D eigenvalue weighted by atomic mass is 9.91. The van der Waals surface area contributed by atoms with E-state index in [-0.39, 0.29) is 24.8 Å². The number of carbonyl (C=O) groups is 1. The first-order valence-electron chi connectivity index (χ1n) is 22.7. The molecule has 8 nitrogen and oxygen atoms in total. The highest BCUT2D eigenvalue weighted by Crippen LogP contribution is 2.26. The van der Waals surface area contributed by atoms with Crippen molar-refractivity contribution >= 4 is 5.91 Å². The third-order valence-electron chi connectivity index (χ3n) is 11.3. The zero-order chi connectivity index (χ0) is 38.9. The lowest BCUT2D eigenvalue weighted by Gasteiger charge is -2.41. The molecule has 1 saturated heterocycles. The van der Waals surface area contributed by atoms with Crippen LogP contribution in [-0.4, -0.2) is 92.7 Å². The lowest BCUT2D eigenvalue weighted by Crippen LogP contribution is -2.59. The summed E-state index contributed by atoms with van der Waals surface area (Å²) in [7, 11) is 0. The van der Waals surface area contributed by atoms with E-state index in [0.29, 0.717) is 6.54 Å². The third kappa shape index (κ3) is 24.3. The number of nitrogens with zero attached hydrogens (tertiary/aromatic N) is 1. The van der Waals surface area contributed by atoms with Gasteiger partial charge in [0, 0.05) is 25.4 Å². The minimum atomic E-state index is -1.48. The summed E-state index contributed by atoms with van der Waals surface area (Å²) in [6.45, 7) is 6.89. The number of unbranched alkanes of at least 4 members (excludes halogenated alkanes) is 22. The molecular formula is C45H87NO7. The molecule has 1 heterocycles. The van der Waals surface area contributed by atoms with Crippen LogP contribution in [0.4, 0.5) is 0 Å². The van der Waals surface area contributed by atoms with Crippen LogP contribution < -0.4 is 0 Å². The molecule has 1 aliphatic heterocycles. The molecule has 3 unspecified atom stereocenters. The van der Waals surface area contributed by atoms with Gasteiger partial charge in [-0.25, -0.2) is 0 Å². The quantitative estimate of drug-likeness (QED) is 0.0318. The van der Waals surface area contributed by atoms with Gasteiger partial charge in [-0.15, -0.1) is 0 Å². The van der Waals surface area contributed by atoms with Gasteiger partial charge in [-0.1, -0.05) is 168 Å². The van der Waals surface area contributed by atoms with Gasteiger partial charge in [-0.3, -0.25) is 4.79 Å². The van der Waals surface area contributed by atoms with Crippen molar-refractivity contribution in [1.29, 1.82) is 0 Å². The van der Waals surface area contributed by atoms with Crippen molar-refractivity contribution in [3.63, 3.8) is 0 Å². The molecule has 8 heteroatoms. The Morgan fingerprint density at radius 2 is 1.02 bits per heavy atom. The minimum Gasteiger partial charge on any atom is -0.394 e. The topological polar surface area (TPSA) is 131 Å². The third-order valence-corrected chi connectivity index (χ3v) is 11.3. The number of allylic oxidation sites excluding steroid dienone is 2. The molecule has 53 heavy (non-hydrogen) atoms. The van der Waals surface area contributed by atoms with Gasteiger partial charge in [-0.05, 0) is 44.9 Å². The maximum absolute atomic E-state index is 14.1. The summed E-state index contributed by atoms with van der Waals surface area (Å²) in [5.41, 5.74) is 0. The standard InChI is InChI=1S/C45H87NO7/c1-4-7-10-12-14-16-18-20-21-23-25-27-29-31-34-46(36-39(48)35-40-42(49)44(51)43(50)41(37-47)53-40)45(52)38(32-9-6-3)33-30-28-26-24-22-19-17-15-13-11-8-5-2/h21,23,38-44,47-51H,4-20,22,24-37H2,1-3H3/t38?,39?,40?,41-,42+,43-,44-/m1/s1. The fraction of sp³-hybridized carbons (Fsp3) is 0.933. The molecule has 7 atom stereocenters. The predicted molar refractivity (Wildman–Crippen MR) is 220 cm³/mol. The monoisotopic (exact) mass is 754 g/mol. The number of amides is 1. The summed E-state index contributed by atoms with van der Waals surface area (Å²) in [6, 6.07) is 0. The van der Waals surface area contributed by atoms with Gasteiger partial charge < -0.3 is 35.2 Å². The van der Waals surface area contributed by atoms with Gasteiger partial charge in [0.25, 0.3) is 0 Å². The molecule has 314 valence electrons. The van der Waals surface area contributed by atoms with E-state index in [0.717, 1.165) is 70.6 Å². The molecular weight excluding hydrogens is 666 g/mol. The summed E-state index contributed by atoms with van der Waals surface area (Å²) in [5.74, 6) is 0.0519. The first-order chi connectivity index (χ1) is 25.8. The van der Waals surface area contributed by atoms with E-state index < -0.39 is 43.2 Å². The maximum Gasteiger partial charge on any atom is 0.225 e. The lowest BCUT2D eigenvalue weighted by molar-refractivity contribution is -0.234. The number of hydrogen-bond donors (Lipinski definition) is 5. The molecule has 1 amide bonds. The summed E-state index contributed by atoms with van der Waals surface area (Å²) < 4.78 is 5.68. The Morgan fingerprint density at radius 1 is 0.585 bits per heavy atom. The second-order valence-corrected chi connectivity index (χ2v) is 16.3. The second-order valence-electron chi connectivity index (χ2n) is 16.3. The molecule has 0 bridgehead atoms. The molecule has 0 aromatic carbocycles. The largest absolute Gasteiger partial charge is 0.394 e. The Labute approximate surface area is 326 Å². The van der Waals surface area contributed by atoms with Gasteiger partial charge in [0.15, 0.2) is 0 Å². The van der Waals surface area contributed by atoms with Crippen LogP contribution in [-0.2, 0) is 9.53 Å². The molecule has 1 rings (SSSR count). The van der Waals surface area contributed by atoms with E-state index in [9.17, 15) is 30.3 Å². The molecule has 0 radical (unpaired) electrons. The molecule has 0 aliphatic carbocycles. The molecule has 0 aromatic heterocycles. The SMILES string of the molecule is CCCCCCCCCC=CCCCCCN(CC(O)CC1O[C@H](CO)[C@@H](O)[C@H](O)[C@H]1O)C(=O)C(CCCC)CCCCCCCCCCCCCC. The van der Waals surface area contributed by atoms with Crippen LogP contribution >= 0.6 is 0 Å². The molecule has 5 N–H and O–H groups in total. The van der Waals surface area contributed by atoms with Gasteiger partial charge in [0.05, 0.1) is 18.8 Å². The van der Waals surface area contributed by atoms with E-state index in [1.54, 1.807) is 0 Å². The predicted octanol–water partition coefficient (Wildman–Crippen LogP) is 9.56. The number of aliphatic hydroxyl groups is 5. The van der Waals surface area contributed by atoms with Gasteiger partial charge in [0.2, 0.25) is 5.91 Å². The van der Waals surface area contributed by atoms with E-state index >= 15 is 0 Å². The van der Waals surface area contributed by atoms with Crippen molar-refractivity contribution in [2.24, 2.45) is 5.92 Å². The molecule has 1 aliphatic rings. The van der Waals surface area contributed by atoms with Crippen molar-refractivity contribution in [2.45, 2.75) is 244 Å². The Morgan fingerprint density at radius 3 is 1.53 bits per heavy atom. The zero-order valence-corrected chi connectivity index (χ0v) is 34.8. The highest BCUT2D eigenvalue weighted by Gasteiger charge is 2.44. The Hall–Kier alpha value is -1.03. The summed E-state index contributed by atoms with van der Waals surface area (Å²) in [6.07, 6.45) is 31.0. The van der Waals surface area contributed by atoms with Crippen LogP contribution in [0, 0.1) is 5.92 Å². The Kier molecular flexibility index (Phi) is 32.3. The summed E-state index contributed by atoms with van der Waals surface area (Å²) in [4.78, 5) is 16.0. The average Bonchev–Trinajstić information content (AvgIpc) is 3.16. The highest BCUT2D eigenvalue weighted by atomic mass is 16.5. The van der Waals surface area contributed by atoms with E-state index in [4.69, 9.17) is 4.74 Å². The molecule has 1 fully saturated rings. The number of carbonyl (C=O) groups excluding carboxylic acids is 1. The average molecular weight is 754 g/mol. The van der Waals surface area contributed by atoms with Gasteiger partial charge >= 0.3 is 0 Å². The van der Waals surface area contributed by atoms with Crippen LogP contribution in [0.2, 0.25) is 0 Å². The highest BCUT2D eigenvalue weighted by molar-refractivity contribution is 5.78. The smallest absolute Gasteiger partial charge is 0.225 e. The normalized spacial score (nSPS) is 21.7. The molecule has 0 spiro atoms. The fourth-order valence-electron chi connectivity index (χ4n) is 7.79. The van der Waals surface area contributed by atoms with Crippen LogP contribution in [0.15, 0.2) is 12.2 Å². The maximum atomic E-state index is 14.1.